The molecule has 1 N–H and O–H groups in total. The SMILES string of the molecule is COc1ccccc1C1/C(=C(\O)c2ccc(F)cc2)C(=O)C(=O)N1c1cc(C)ccc1C. The first-order valence-corrected chi connectivity index (χ1v) is 10.1. The molecule has 4 rings (SSSR count). The smallest absolute Gasteiger partial charge is 0.300 e. The van der Waals surface area contributed by atoms with E-state index >= 15 is 0 Å². The molecule has 0 aromatic heterocycles. The lowest BCUT2D eigenvalue weighted by molar-refractivity contribution is -0.132. The summed E-state index contributed by atoms with van der Waals surface area (Å²) in [7, 11) is 1.50. The number of hydrogen-bond donors (Lipinski definition) is 1. The van der Waals surface area contributed by atoms with E-state index in [1.54, 1.807) is 24.3 Å². The van der Waals surface area contributed by atoms with E-state index in [0.717, 1.165) is 11.1 Å². The van der Waals surface area contributed by atoms with E-state index in [9.17, 15) is 19.1 Å². The van der Waals surface area contributed by atoms with Gasteiger partial charge < -0.3 is 9.84 Å². The van der Waals surface area contributed by atoms with E-state index in [2.05, 4.69) is 0 Å². The van der Waals surface area contributed by atoms with E-state index in [1.165, 1.54) is 36.3 Å². The number of nitrogens with zero attached hydrogens (tertiary/aromatic N) is 1. The molecule has 0 bridgehead atoms. The van der Waals surface area contributed by atoms with E-state index in [4.69, 9.17) is 4.74 Å². The number of ketones is 1. The Morgan fingerprint density at radius 2 is 1.69 bits per heavy atom. The maximum absolute atomic E-state index is 13.4. The molecule has 0 spiro atoms. The lowest BCUT2D eigenvalue weighted by Gasteiger charge is -2.28. The average Bonchev–Trinajstić information content (AvgIpc) is 3.05. The fourth-order valence-electron chi connectivity index (χ4n) is 4.01. The van der Waals surface area contributed by atoms with Crippen molar-refractivity contribution in [3.63, 3.8) is 0 Å². The number of amides is 1. The number of carbonyl (C=O) groups is 2. The highest BCUT2D eigenvalue weighted by Gasteiger charge is 2.48. The number of rotatable bonds is 4. The number of carbonyl (C=O) groups excluding carboxylic acids is 2. The molecule has 0 aliphatic carbocycles. The van der Waals surface area contributed by atoms with Gasteiger partial charge in [0.05, 0.1) is 18.7 Å². The van der Waals surface area contributed by atoms with Crippen molar-refractivity contribution >= 4 is 23.1 Å². The number of methoxy groups -OCH3 is 1. The fourth-order valence-corrected chi connectivity index (χ4v) is 4.01. The number of ether oxygens (including phenoxy) is 1. The Labute approximate surface area is 185 Å². The summed E-state index contributed by atoms with van der Waals surface area (Å²) in [6.07, 6.45) is 0. The molecule has 3 aromatic rings. The molecule has 1 atom stereocenters. The summed E-state index contributed by atoms with van der Waals surface area (Å²) in [5, 5.41) is 11.1. The second kappa shape index (κ2) is 8.30. The fraction of sp³-hybridized carbons (Fsp3) is 0.154. The molecule has 1 aliphatic heterocycles. The van der Waals surface area contributed by atoms with Gasteiger partial charge in [-0.1, -0.05) is 30.3 Å². The third-order valence-corrected chi connectivity index (χ3v) is 5.62. The first-order valence-electron chi connectivity index (χ1n) is 10.1. The van der Waals surface area contributed by atoms with Crippen molar-refractivity contribution < 1.29 is 23.8 Å². The predicted octanol–water partition coefficient (Wildman–Crippen LogP) is 5.08. The minimum Gasteiger partial charge on any atom is -0.507 e. The van der Waals surface area contributed by atoms with Gasteiger partial charge in [-0.25, -0.2) is 4.39 Å². The minimum atomic E-state index is -0.920. The molecule has 1 fully saturated rings. The Kier molecular flexibility index (Phi) is 5.53. The van der Waals surface area contributed by atoms with Gasteiger partial charge in [0.2, 0.25) is 0 Å². The molecule has 1 amide bonds. The average molecular weight is 431 g/mol. The Balaban J connectivity index is 2.02. The topological polar surface area (TPSA) is 66.8 Å². The largest absolute Gasteiger partial charge is 0.507 e. The van der Waals surface area contributed by atoms with Gasteiger partial charge in [-0.3, -0.25) is 14.5 Å². The van der Waals surface area contributed by atoms with Gasteiger partial charge in [0, 0.05) is 16.8 Å². The lowest BCUT2D eigenvalue weighted by Crippen LogP contribution is -2.30. The van der Waals surface area contributed by atoms with Gasteiger partial charge in [0.25, 0.3) is 11.7 Å². The number of aliphatic hydroxyl groups excluding tert-OH is 1. The number of para-hydroxylation sites is 1. The van der Waals surface area contributed by atoms with E-state index in [1.807, 2.05) is 32.0 Å². The van der Waals surface area contributed by atoms with Crippen LogP contribution in [0.2, 0.25) is 0 Å². The normalized spacial score (nSPS) is 17.6. The number of benzene rings is 3. The zero-order valence-corrected chi connectivity index (χ0v) is 17.9. The number of Topliss-reactive ketones (excluding diaryl/α,β-unsaturated/α-hetero) is 1. The quantitative estimate of drug-likeness (QED) is 0.356. The minimum absolute atomic E-state index is 0.0768. The summed E-state index contributed by atoms with van der Waals surface area (Å²) in [6.45, 7) is 3.75. The maximum Gasteiger partial charge on any atom is 0.300 e. The Hall–Kier alpha value is -3.93. The van der Waals surface area contributed by atoms with Gasteiger partial charge in [0.1, 0.15) is 17.3 Å². The van der Waals surface area contributed by atoms with Gasteiger partial charge in [-0.05, 0) is 61.4 Å². The summed E-state index contributed by atoms with van der Waals surface area (Å²) < 4.78 is 18.9. The van der Waals surface area contributed by atoms with Crippen molar-refractivity contribution in [1.82, 2.24) is 0 Å². The molecule has 3 aromatic carbocycles. The molecule has 1 aliphatic rings. The molecular formula is C26H22FNO4. The molecule has 1 heterocycles. The monoisotopic (exact) mass is 431 g/mol. The summed E-state index contributed by atoms with van der Waals surface area (Å²) >= 11 is 0. The number of aliphatic hydroxyl groups is 1. The Morgan fingerprint density at radius 1 is 1.00 bits per heavy atom. The van der Waals surface area contributed by atoms with Gasteiger partial charge in [-0.15, -0.1) is 0 Å². The molecule has 162 valence electrons. The lowest BCUT2D eigenvalue weighted by atomic mass is 9.94. The number of anilines is 1. The van der Waals surface area contributed by atoms with Crippen LogP contribution in [0.15, 0.2) is 72.3 Å². The summed E-state index contributed by atoms with van der Waals surface area (Å²) in [5.74, 6) is -1.94. The second-order valence-electron chi connectivity index (χ2n) is 7.71. The van der Waals surface area contributed by atoms with Crippen molar-refractivity contribution in [3.8, 4) is 5.75 Å². The van der Waals surface area contributed by atoms with Crippen molar-refractivity contribution in [1.29, 1.82) is 0 Å². The zero-order valence-electron chi connectivity index (χ0n) is 17.9. The van der Waals surface area contributed by atoms with Crippen LogP contribution in [0.4, 0.5) is 10.1 Å². The van der Waals surface area contributed by atoms with Crippen LogP contribution in [0.1, 0.15) is 28.3 Å². The van der Waals surface area contributed by atoms with Crippen molar-refractivity contribution in [3.05, 3.63) is 100 Å². The Morgan fingerprint density at radius 3 is 2.38 bits per heavy atom. The van der Waals surface area contributed by atoms with Crippen LogP contribution in [0, 0.1) is 19.7 Å². The van der Waals surface area contributed by atoms with Crippen LogP contribution in [0.5, 0.6) is 5.75 Å². The summed E-state index contributed by atoms with van der Waals surface area (Å²) in [5.41, 5.74) is 3.01. The molecule has 32 heavy (non-hydrogen) atoms. The molecule has 0 radical (unpaired) electrons. The van der Waals surface area contributed by atoms with Crippen LogP contribution in [0.25, 0.3) is 5.76 Å². The molecule has 1 unspecified atom stereocenters. The van der Waals surface area contributed by atoms with E-state index < -0.39 is 23.5 Å². The van der Waals surface area contributed by atoms with Gasteiger partial charge in [0.15, 0.2) is 0 Å². The van der Waals surface area contributed by atoms with Crippen LogP contribution >= 0.6 is 0 Å². The van der Waals surface area contributed by atoms with Crippen LogP contribution in [0.3, 0.4) is 0 Å². The maximum atomic E-state index is 13.4. The standard InChI is InChI=1S/C26H22FNO4/c1-15-8-9-16(2)20(14-15)28-23(19-6-4-5-7-21(19)32-3)22(25(30)26(28)31)24(29)17-10-12-18(27)13-11-17/h4-14,23,29H,1-3H3/b24-22+. The highest BCUT2D eigenvalue weighted by Crippen LogP contribution is 2.45. The predicted molar refractivity (Wildman–Crippen MR) is 120 cm³/mol. The number of hydrogen-bond acceptors (Lipinski definition) is 4. The summed E-state index contributed by atoms with van der Waals surface area (Å²) in [4.78, 5) is 27.9. The highest BCUT2D eigenvalue weighted by atomic mass is 19.1. The zero-order chi connectivity index (χ0) is 23.0. The van der Waals surface area contributed by atoms with Crippen LogP contribution in [-0.2, 0) is 9.59 Å². The molecule has 6 heteroatoms. The van der Waals surface area contributed by atoms with Crippen molar-refractivity contribution in [2.75, 3.05) is 12.0 Å². The van der Waals surface area contributed by atoms with Crippen molar-refractivity contribution in [2.24, 2.45) is 0 Å². The molecular weight excluding hydrogens is 409 g/mol. The highest BCUT2D eigenvalue weighted by molar-refractivity contribution is 6.51. The van der Waals surface area contributed by atoms with E-state index in [0.29, 0.717) is 17.0 Å². The molecule has 5 nitrogen and oxygen atoms in total. The summed E-state index contributed by atoms with van der Waals surface area (Å²) in [6, 6.07) is 16.9. The number of aryl methyl sites for hydroxylation is 2. The van der Waals surface area contributed by atoms with Crippen molar-refractivity contribution in [2.45, 2.75) is 19.9 Å². The third-order valence-electron chi connectivity index (χ3n) is 5.62. The second-order valence-corrected chi connectivity index (χ2v) is 7.71. The van der Waals surface area contributed by atoms with E-state index in [-0.39, 0.29) is 16.9 Å². The van der Waals surface area contributed by atoms with Gasteiger partial charge >= 0.3 is 0 Å². The molecule has 1 saturated heterocycles. The number of halogens is 1. The van der Waals surface area contributed by atoms with Gasteiger partial charge in [-0.2, -0.15) is 0 Å². The first kappa shape index (κ1) is 21.3. The van der Waals surface area contributed by atoms with Crippen LogP contribution < -0.4 is 9.64 Å². The Bertz CT molecular complexity index is 1250. The third kappa shape index (κ3) is 3.54. The van der Waals surface area contributed by atoms with Crippen LogP contribution in [-0.4, -0.2) is 23.9 Å². The molecule has 0 saturated carbocycles. The first-order chi connectivity index (χ1) is 15.3.